The summed E-state index contributed by atoms with van der Waals surface area (Å²) in [4.78, 5) is 0. The molecular formula is C16H15ClF2IN. The fraction of sp³-hybridized carbons (Fsp3) is 0.250. The van der Waals surface area contributed by atoms with Crippen molar-refractivity contribution in [2.45, 2.75) is 19.4 Å². The zero-order valence-corrected chi connectivity index (χ0v) is 14.4. The van der Waals surface area contributed by atoms with E-state index >= 15 is 0 Å². The molecule has 5 heteroatoms. The molecule has 1 atom stereocenters. The number of hydrogen-bond acceptors (Lipinski definition) is 1. The highest BCUT2D eigenvalue weighted by Gasteiger charge is 2.19. The lowest BCUT2D eigenvalue weighted by molar-refractivity contribution is 0.498. The molecule has 0 saturated carbocycles. The van der Waals surface area contributed by atoms with Gasteiger partial charge < -0.3 is 5.32 Å². The van der Waals surface area contributed by atoms with Gasteiger partial charge in [-0.1, -0.05) is 24.6 Å². The normalized spacial score (nSPS) is 12.4. The summed E-state index contributed by atoms with van der Waals surface area (Å²) >= 11 is 8.25. The van der Waals surface area contributed by atoms with Gasteiger partial charge in [0.2, 0.25) is 0 Å². The van der Waals surface area contributed by atoms with Crippen LogP contribution in [-0.2, 0) is 6.42 Å². The smallest absolute Gasteiger partial charge is 0.129 e. The van der Waals surface area contributed by atoms with Crippen LogP contribution in [-0.4, -0.2) is 6.54 Å². The average Bonchev–Trinajstić information content (AvgIpc) is 2.44. The van der Waals surface area contributed by atoms with Crippen LogP contribution in [0.25, 0.3) is 0 Å². The second kappa shape index (κ2) is 7.51. The quantitative estimate of drug-likeness (QED) is 0.661. The monoisotopic (exact) mass is 421 g/mol. The molecule has 0 bridgehead atoms. The van der Waals surface area contributed by atoms with Crippen LogP contribution in [0.1, 0.15) is 24.1 Å². The Balaban J connectivity index is 2.38. The van der Waals surface area contributed by atoms with Gasteiger partial charge in [0.05, 0.1) is 0 Å². The van der Waals surface area contributed by atoms with Gasteiger partial charge in [0, 0.05) is 20.2 Å². The molecule has 1 nitrogen and oxygen atoms in total. The Bertz CT molecular complexity index is 613. The van der Waals surface area contributed by atoms with Crippen LogP contribution >= 0.6 is 34.2 Å². The summed E-state index contributed by atoms with van der Waals surface area (Å²) in [6.45, 7) is 2.66. The third-order valence-electron chi connectivity index (χ3n) is 3.25. The van der Waals surface area contributed by atoms with Crippen molar-refractivity contribution >= 4 is 34.2 Å². The molecule has 112 valence electrons. The van der Waals surface area contributed by atoms with Gasteiger partial charge in [-0.3, -0.25) is 0 Å². The fourth-order valence-electron chi connectivity index (χ4n) is 2.25. The SMILES string of the molecule is CCNC(Cc1c(F)cccc1F)c1cc(Cl)ccc1I. The summed E-state index contributed by atoms with van der Waals surface area (Å²) < 4.78 is 28.7. The van der Waals surface area contributed by atoms with E-state index in [1.807, 2.05) is 19.1 Å². The maximum absolute atomic E-state index is 13.9. The second-order valence-electron chi connectivity index (χ2n) is 4.68. The number of rotatable bonds is 5. The third kappa shape index (κ3) is 4.14. The second-order valence-corrected chi connectivity index (χ2v) is 6.28. The minimum atomic E-state index is -0.519. The van der Waals surface area contributed by atoms with E-state index in [1.54, 1.807) is 6.07 Å². The van der Waals surface area contributed by atoms with Crippen molar-refractivity contribution in [3.05, 3.63) is 67.8 Å². The molecule has 0 aliphatic rings. The molecule has 0 heterocycles. The molecule has 0 aromatic heterocycles. The van der Waals surface area contributed by atoms with Gasteiger partial charge in [-0.05, 0) is 71.5 Å². The Hall–Kier alpha value is -0.720. The first-order valence-corrected chi connectivity index (χ1v) is 8.09. The van der Waals surface area contributed by atoms with Crippen LogP contribution in [0, 0.1) is 15.2 Å². The largest absolute Gasteiger partial charge is 0.310 e. The highest BCUT2D eigenvalue weighted by Crippen LogP contribution is 2.28. The van der Waals surface area contributed by atoms with Crippen molar-refractivity contribution in [2.75, 3.05) is 6.54 Å². The summed E-state index contributed by atoms with van der Waals surface area (Å²) in [6.07, 6.45) is 0.239. The maximum atomic E-state index is 13.9. The van der Waals surface area contributed by atoms with Crippen molar-refractivity contribution < 1.29 is 8.78 Å². The van der Waals surface area contributed by atoms with E-state index in [9.17, 15) is 8.78 Å². The summed E-state index contributed by atoms with van der Waals surface area (Å²) in [7, 11) is 0. The average molecular weight is 422 g/mol. The number of hydrogen-bond donors (Lipinski definition) is 1. The topological polar surface area (TPSA) is 12.0 Å². The van der Waals surface area contributed by atoms with Crippen LogP contribution < -0.4 is 5.32 Å². The minimum Gasteiger partial charge on any atom is -0.310 e. The van der Waals surface area contributed by atoms with E-state index in [0.29, 0.717) is 11.6 Å². The summed E-state index contributed by atoms with van der Waals surface area (Å²) in [5.41, 5.74) is 1.05. The molecule has 21 heavy (non-hydrogen) atoms. The van der Waals surface area contributed by atoms with E-state index in [0.717, 1.165) is 9.13 Å². The van der Waals surface area contributed by atoms with Gasteiger partial charge >= 0.3 is 0 Å². The molecule has 0 amide bonds. The number of benzene rings is 2. The van der Waals surface area contributed by atoms with Crippen LogP contribution in [0.2, 0.25) is 5.02 Å². The zero-order valence-electron chi connectivity index (χ0n) is 11.5. The van der Waals surface area contributed by atoms with Crippen LogP contribution in [0.4, 0.5) is 8.78 Å². The van der Waals surface area contributed by atoms with E-state index in [2.05, 4.69) is 27.9 Å². The first kappa shape index (κ1) is 16.6. The molecule has 0 radical (unpaired) electrons. The van der Waals surface area contributed by atoms with Crippen molar-refractivity contribution in [1.82, 2.24) is 5.32 Å². The molecule has 1 N–H and O–H groups in total. The standard InChI is InChI=1S/C16H15ClF2IN/c1-2-21-16(12-8-10(17)6-7-15(12)20)9-11-13(18)4-3-5-14(11)19/h3-8,16,21H,2,9H2,1H3. The number of likely N-dealkylation sites (N-methyl/N-ethyl adjacent to an activating group) is 1. The van der Waals surface area contributed by atoms with Gasteiger partial charge in [0.25, 0.3) is 0 Å². The van der Waals surface area contributed by atoms with Crippen LogP contribution in [0.5, 0.6) is 0 Å². The lowest BCUT2D eigenvalue weighted by atomic mass is 9.98. The Morgan fingerprint density at radius 3 is 2.48 bits per heavy atom. The predicted molar refractivity (Wildman–Crippen MR) is 90.6 cm³/mol. The van der Waals surface area contributed by atoms with Gasteiger partial charge in [-0.25, -0.2) is 8.78 Å². The molecule has 0 saturated heterocycles. The lowest BCUT2D eigenvalue weighted by Crippen LogP contribution is -2.24. The Labute approximate surface area is 141 Å². The lowest BCUT2D eigenvalue weighted by Gasteiger charge is -2.21. The van der Waals surface area contributed by atoms with Crippen molar-refractivity contribution in [2.24, 2.45) is 0 Å². The summed E-state index contributed by atoms with van der Waals surface area (Å²) in [5, 5.41) is 3.89. The maximum Gasteiger partial charge on any atom is 0.129 e. The molecule has 0 spiro atoms. The van der Waals surface area contributed by atoms with Crippen molar-refractivity contribution in [1.29, 1.82) is 0 Å². The summed E-state index contributed by atoms with van der Waals surface area (Å²) in [5.74, 6) is -1.04. The Kier molecular flexibility index (Phi) is 5.96. The van der Waals surface area contributed by atoms with Crippen LogP contribution in [0.3, 0.4) is 0 Å². The molecule has 2 rings (SSSR count). The molecule has 0 aliphatic heterocycles. The highest BCUT2D eigenvalue weighted by molar-refractivity contribution is 14.1. The Morgan fingerprint density at radius 2 is 1.86 bits per heavy atom. The van der Waals surface area contributed by atoms with E-state index in [-0.39, 0.29) is 18.0 Å². The van der Waals surface area contributed by atoms with Crippen molar-refractivity contribution in [3.63, 3.8) is 0 Å². The van der Waals surface area contributed by atoms with Gasteiger partial charge in [0.15, 0.2) is 0 Å². The molecule has 0 aliphatic carbocycles. The highest BCUT2D eigenvalue weighted by atomic mass is 127. The van der Waals surface area contributed by atoms with Gasteiger partial charge in [-0.15, -0.1) is 0 Å². The van der Waals surface area contributed by atoms with Crippen molar-refractivity contribution in [3.8, 4) is 0 Å². The number of halogens is 4. The molecule has 0 fully saturated rings. The molecule has 2 aromatic carbocycles. The number of nitrogens with one attached hydrogen (secondary N) is 1. The zero-order chi connectivity index (χ0) is 15.4. The first-order chi connectivity index (χ1) is 10.0. The van der Waals surface area contributed by atoms with E-state index < -0.39 is 11.6 Å². The predicted octanol–water partition coefficient (Wildman–Crippen LogP) is 5.12. The van der Waals surface area contributed by atoms with E-state index in [4.69, 9.17) is 11.6 Å². The van der Waals surface area contributed by atoms with Crippen LogP contribution in [0.15, 0.2) is 36.4 Å². The van der Waals surface area contributed by atoms with Gasteiger partial charge in [-0.2, -0.15) is 0 Å². The minimum absolute atomic E-state index is 0.0965. The molecule has 2 aromatic rings. The third-order valence-corrected chi connectivity index (χ3v) is 4.47. The first-order valence-electron chi connectivity index (χ1n) is 6.64. The molecular weight excluding hydrogens is 407 g/mol. The molecule has 1 unspecified atom stereocenters. The van der Waals surface area contributed by atoms with E-state index in [1.165, 1.54) is 18.2 Å². The Morgan fingerprint density at radius 1 is 1.19 bits per heavy atom. The van der Waals surface area contributed by atoms with Gasteiger partial charge in [0.1, 0.15) is 11.6 Å². The summed E-state index contributed by atoms with van der Waals surface area (Å²) in [6, 6.07) is 9.30. The fourth-order valence-corrected chi connectivity index (χ4v) is 3.14.